The van der Waals surface area contributed by atoms with E-state index in [9.17, 15) is 13.2 Å². The van der Waals surface area contributed by atoms with Crippen molar-refractivity contribution in [3.63, 3.8) is 0 Å². The minimum absolute atomic E-state index is 0.130. The van der Waals surface area contributed by atoms with Crippen LogP contribution in [0.3, 0.4) is 0 Å². The molecule has 1 aliphatic rings. The molecular formula is C22H22ClN3O3S2. The van der Waals surface area contributed by atoms with E-state index < -0.39 is 16.1 Å². The van der Waals surface area contributed by atoms with Crippen molar-refractivity contribution in [2.75, 3.05) is 6.54 Å². The van der Waals surface area contributed by atoms with Crippen molar-refractivity contribution in [3.8, 4) is 0 Å². The van der Waals surface area contributed by atoms with E-state index >= 15 is 0 Å². The number of aryl methyl sites for hydroxylation is 1. The standard InChI is InChI=1S/C22H22ClN3O3S2/c1-15-21(30-18-7-4-3-5-8-18)16(2)26(24-15)22(27)20-9-6-14-25(20)31(28,29)19-12-10-17(23)11-13-19/h3-5,7-8,10-13,20H,6,9,14H2,1-2H3/t20-/m1/s1. The van der Waals surface area contributed by atoms with Crippen LogP contribution >= 0.6 is 23.4 Å². The maximum atomic E-state index is 13.4. The monoisotopic (exact) mass is 475 g/mol. The van der Waals surface area contributed by atoms with Gasteiger partial charge in [0.05, 0.1) is 21.2 Å². The molecule has 0 aliphatic carbocycles. The van der Waals surface area contributed by atoms with Crippen molar-refractivity contribution < 1.29 is 13.2 Å². The van der Waals surface area contributed by atoms with E-state index in [4.69, 9.17) is 11.6 Å². The molecule has 0 saturated carbocycles. The average molecular weight is 476 g/mol. The molecule has 4 rings (SSSR count). The normalized spacial score (nSPS) is 17.2. The Hall–Kier alpha value is -2.13. The summed E-state index contributed by atoms with van der Waals surface area (Å²) >= 11 is 7.44. The molecule has 0 N–H and O–H groups in total. The topological polar surface area (TPSA) is 72.3 Å². The average Bonchev–Trinajstić information content (AvgIpc) is 3.36. The van der Waals surface area contributed by atoms with Gasteiger partial charge in [0.15, 0.2) is 0 Å². The van der Waals surface area contributed by atoms with Crippen LogP contribution in [0.25, 0.3) is 0 Å². The molecule has 1 aliphatic heterocycles. The third-order valence-corrected chi connectivity index (χ3v) is 8.78. The third-order valence-electron chi connectivity index (χ3n) is 5.31. The van der Waals surface area contributed by atoms with Gasteiger partial charge in [-0.1, -0.05) is 41.6 Å². The van der Waals surface area contributed by atoms with Gasteiger partial charge in [-0.25, -0.2) is 13.1 Å². The number of nitrogens with zero attached hydrogens (tertiary/aromatic N) is 3. The first kappa shape index (κ1) is 22.1. The molecule has 162 valence electrons. The highest BCUT2D eigenvalue weighted by molar-refractivity contribution is 7.99. The zero-order valence-corrected chi connectivity index (χ0v) is 19.5. The maximum absolute atomic E-state index is 13.4. The summed E-state index contributed by atoms with van der Waals surface area (Å²) in [5.74, 6) is -0.324. The Kier molecular flexibility index (Phi) is 6.25. The van der Waals surface area contributed by atoms with Crippen LogP contribution in [0, 0.1) is 13.8 Å². The lowest BCUT2D eigenvalue weighted by molar-refractivity contribution is 0.0813. The van der Waals surface area contributed by atoms with Crippen molar-refractivity contribution in [1.82, 2.24) is 14.1 Å². The first-order chi connectivity index (χ1) is 14.8. The van der Waals surface area contributed by atoms with E-state index in [1.165, 1.54) is 33.3 Å². The number of rotatable bonds is 5. The second kappa shape index (κ2) is 8.78. The SMILES string of the molecule is Cc1nn(C(=O)[C@H]2CCCN2S(=O)(=O)c2ccc(Cl)cc2)c(C)c1Sc1ccccc1. The highest BCUT2D eigenvalue weighted by atomic mass is 35.5. The Morgan fingerprint density at radius 2 is 1.77 bits per heavy atom. The van der Waals surface area contributed by atoms with E-state index in [2.05, 4.69) is 5.10 Å². The summed E-state index contributed by atoms with van der Waals surface area (Å²) in [6.45, 7) is 4.00. The van der Waals surface area contributed by atoms with Crippen molar-refractivity contribution in [2.45, 2.75) is 47.4 Å². The quantitative estimate of drug-likeness (QED) is 0.530. The molecule has 31 heavy (non-hydrogen) atoms. The van der Waals surface area contributed by atoms with Gasteiger partial charge < -0.3 is 0 Å². The van der Waals surface area contributed by atoms with Crippen LogP contribution in [0.2, 0.25) is 5.02 Å². The number of hydrogen-bond donors (Lipinski definition) is 0. The minimum atomic E-state index is -3.81. The molecule has 3 aromatic rings. The number of carbonyl (C=O) groups excluding carboxylic acids is 1. The van der Waals surface area contributed by atoms with Gasteiger partial charge in [0.25, 0.3) is 5.91 Å². The Labute approximate surface area is 191 Å². The van der Waals surface area contributed by atoms with Gasteiger partial charge in [0.1, 0.15) is 6.04 Å². The molecule has 0 spiro atoms. The first-order valence-corrected chi connectivity index (χ1v) is 12.5. The van der Waals surface area contributed by atoms with Gasteiger partial charge >= 0.3 is 0 Å². The van der Waals surface area contributed by atoms with Crippen LogP contribution in [0.5, 0.6) is 0 Å². The number of hydrogen-bond acceptors (Lipinski definition) is 5. The predicted molar refractivity (Wildman–Crippen MR) is 121 cm³/mol. The fourth-order valence-corrected chi connectivity index (χ4v) is 6.48. The smallest absolute Gasteiger partial charge is 0.265 e. The summed E-state index contributed by atoms with van der Waals surface area (Å²) in [6.07, 6.45) is 1.08. The molecule has 2 heterocycles. The fraction of sp³-hybridized carbons (Fsp3) is 0.273. The van der Waals surface area contributed by atoms with Crippen molar-refractivity contribution in [2.24, 2.45) is 0 Å². The van der Waals surface area contributed by atoms with E-state index in [1.807, 2.05) is 44.2 Å². The lowest BCUT2D eigenvalue weighted by Crippen LogP contribution is -2.43. The van der Waals surface area contributed by atoms with E-state index in [1.54, 1.807) is 11.8 Å². The molecule has 1 atom stereocenters. The Balaban J connectivity index is 1.63. The van der Waals surface area contributed by atoms with Crippen LogP contribution in [-0.4, -0.2) is 41.0 Å². The molecule has 2 aromatic carbocycles. The minimum Gasteiger partial charge on any atom is -0.271 e. The van der Waals surface area contributed by atoms with Crippen LogP contribution in [0.1, 0.15) is 29.0 Å². The van der Waals surface area contributed by atoms with Crippen LogP contribution in [0.4, 0.5) is 0 Å². The number of carbonyl (C=O) groups is 1. The van der Waals surface area contributed by atoms with Gasteiger partial charge in [-0.05, 0) is 63.1 Å². The maximum Gasteiger partial charge on any atom is 0.265 e. The largest absolute Gasteiger partial charge is 0.271 e. The number of benzene rings is 2. The molecule has 0 radical (unpaired) electrons. The molecule has 1 saturated heterocycles. The zero-order valence-electron chi connectivity index (χ0n) is 17.2. The second-order valence-corrected chi connectivity index (χ2v) is 10.8. The molecular weight excluding hydrogens is 454 g/mol. The van der Waals surface area contributed by atoms with E-state index in [0.717, 1.165) is 15.5 Å². The van der Waals surface area contributed by atoms with Gasteiger partial charge in [-0.15, -0.1) is 0 Å². The summed E-state index contributed by atoms with van der Waals surface area (Å²) in [5, 5.41) is 4.92. The third kappa shape index (κ3) is 4.30. The van der Waals surface area contributed by atoms with Gasteiger partial charge in [-0.3, -0.25) is 4.79 Å². The lowest BCUT2D eigenvalue weighted by atomic mass is 10.2. The Bertz CT molecular complexity index is 1210. The molecule has 9 heteroatoms. The Morgan fingerprint density at radius 1 is 1.10 bits per heavy atom. The van der Waals surface area contributed by atoms with Crippen LogP contribution in [-0.2, 0) is 10.0 Å². The molecule has 1 aromatic heterocycles. The summed E-state index contributed by atoms with van der Waals surface area (Å²) < 4.78 is 29.0. The molecule has 6 nitrogen and oxygen atoms in total. The number of halogens is 1. The molecule has 1 fully saturated rings. The number of sulfonamides is 1. The van der Waals surface area contributed by atoms with Crippen molar-refractivity contribution in [1.29, 1.82) is 0 Å². The lowest BCUT2D eigenvalue weighted by Gasteiger charge is -2.23. The Morgan fingerprint density at radius 3 is 2.45 bits per heavy atom. The van der Waals surface area contributed by atoms with Gasteiger partial charge in [0, 0.05) is 16.5 Å². The molecule has 0 unspecified atom stereocenters. The number of aromatic nitrogens is 2. The summed E-state index contributed by atoms with van der Waals surface area (Å²) in [5.41, 5.74) is 1.46. The van der Waals surface area contributed by atoms with Crippen molar-refractivity contribution in [3.05, 3.63) is 71.0 Å². The highest BCUT2D eigenvalue weighted by Gasteiger charge is 2.41. The van der Waals surface area contributed by atoms with Crippen LogP contribution in [0.15, 0.2) is 69.3 Å². The van der Waals surface area contributed by atoms with Crippen molar-refractivity contribution >= 4 is 39.3 Å². The second-order valence-electron chi connectivity index (χ2n) is 7.39. The first-order valence-electron chi connectivity index (χ1n) is 9.90. The van der Waals surface area contributed by atoms with E-state index in [0.29, 0.717) is 30.1 Å². The highest BCUT2D eigenvalue weighted by Crippen LogP contribution is 2.34. The summed E-state index contributed by atoms with van der Waals surface area (Å²) in [4.78, 5) is 15.5. The van der Waals surface area contributed by atoms with Gasteiger partial charge in [0.2, 0.25) is 10.0 Å². The fourth-order valence-electron chi connectivity index (χ4n) is 3.75. The van der Waals surface area contributed by atoms with Crippen LogP contribution < -0.4 is 0 Å². The van der Waals surface area contributed by atoms with Gasteiger partial charge in [-0.2, -0.15) is 9.40 Å². The summed E-state index contributed by atoms with van der Waals surface area (Å²) in [7, 11) is -3.81. The molecule has 0 bridgehead atoms. The van der Waals surface area contributed by atoms with E-state index in [-0.39, 0.29) is 10.8 Å². The predicted octanol–water partition coefficient (Wildman–Crippen LogP) is 4.80. The summed E-state index contributed by atoms with van der Waals surface area (Å²) in [6, 6.07) is 15.1. The molecule has 0 amide bonds. The zero-order chi connectivity index (χ0) is 22.2.